The predicted molar refractivity (Wildman–Crippen MR) is 105 cm³/mol. The van der Waals surface area contributed by atoms with E-state index in [4.69, 9.17) is 32.7 Å². The first-order valence-corrected chi connectivity index (χ1v) is 9.92. The fourth-order valence-corrected chi connectivity index (χ4v) is 3.33. The zero-order chi connectivity index (χ0) is 20.9. The highest BCUT2D eigenvalue weighted by atomic mass is 35.5. The number of rotatable bonds is 8. The predicted octanol–water partition coefficient (Wildman–Crippen LogP) is 3.62. The summed E-state index contributed by atoms with van der Waals surface area (Å²) in [7, 11) is -2.73. The molecule has 2 aromatic rings. The number of nitrogens with one attached hydrogen (secondary N) is 1. The molecule has 0 aliphatic carbocycles. The van der Waals surface area contributed by atoms with Crippen LogP contribution in [0.1, 0.15) is 12.5 Å². The first-order chi connectivity index (χ1) is 13.2. The van der Waals surface area contributed by atoms with Gasteiger partial charge in [0.1, 0.15) is 0 Å². The molecule has 0 fully saturated rings. The molecule has 0 aliphatic heterocycles. The lowest BCUT2D eigenvalue weighted by molar-refractivity contribution is -0.385. The van der Waals surface area contributed by atoms with Gasteiger partial charge >= 0.3 is 5.69 Å². The van der Waals surface area contributed by atoms with Crippen molar-refractivity contribution < 1.29 is 22.8 Å². The van der Waals surface area contributed by atoms with Crippen molar-refractivity contribution in [2.24, 2.45) is 5.10 Å². The van der Waals surface area contributed by atoms with Crippen LogP contribution in [0.15, 0.2) is 40.3 Å². The third-order valence-corrected chi connectivity index (χ3v) is 5.31. The Labute approximate surface area is 171 Å². The third kappa shape index (κ3) is 5.03. The van der Waals surface area contributed by atoms with Gasteiger partial charge in [-0.1, -0.05) is 23.2 Å². The fraction of sp³-hybridized carbons (Fsp3) is 0.188. The van der Waals surface area contributed by atoms with Gasteiger partial charge in [-0.25, -0.2) is 4.83 Å². The number of sulfonamides is 1. The van der Waals surface area contributed by atoms with Gasteiger partial charge in [-0.3, -0.25) is 10.1 Å². The van der Waals surface area contributed by atoms with E-state index in [0.29, 0.717) is 0 Å². The van der Waals surface area contributed by atoms with Gasteiger partial charge in [0.15, 0.2) is 5.75 Å². The highest BCUT2D eigenvalue weighted by molar-refractivity contribution is 7.89. The molecule has 0 saturated heterocycles. The van der Waals surface area contributed by atoms with Crippen LogP contribution in [-0.4, -0.2) is 33.3 Å². The Morgan fingerprint density at radius 1 is 1.25 bits per heavy atom. The van der Waals surface area contributed by atoms with Gasteiger partial charge in [0, 0.05) is 11.6 Å². The molecule has 0 amide bonds. The summed E-state index contributed by atoms with van der Waals surface area (Å²) in [5, 5.41) is 15.2. The van der Waals surface area contributed by atoms with Gasteiger partial charge in [0.2, 0.25) is 5.75 Å². The molecule has 0 heterocycles. The first-order valence-electron chi connectivity index (χ1n) is 7.68. The quantitative estimate of drug-likeness (QED) is 0.374. The van der Waals surface area contributed by atoms with Crippen molar-refractivity contribution in [1.29, 1.82) is 0 Å². The largest absolute Gasteiger partial charge is 0.490 e. The summed E-state index contributed by atoms with van der Waals surface area (Å²) in [5.74, 6) is 0.0911. The molecule has 9 nitrogen and oxygen atoms in total. The Bertz CT molecular complexity index is 1030. The summed E-state index contributed by atoms with van der Waals surface area (Å²) in [5.41, 5.74) is -0.116. The summed E-state index contributed by atoms with van der Waals surface area (Å²) < 4.78 is 34.9. The molecule has 0 radical (unpaired) electrons. The molecule has 2 aromatic carbocycles. The smallest absolute Gasteiger partial charge is 0.315 e. The average molecular weight is 448 g/mol. The summed E-state index contributed by atoms with van der Waals surface area (Å²) in [6, 6.07) is 6.39. The topological polar surface area (TPSA) is 120 Å². The van der Waals surface area contributed by atoms with E-state index in [9.17, 15) is 18.5 Å². The maximum absolute atomic E-state index is 12.3. The van der Waals surface area contributed by atoms with Gasteiger partial charge in [-0.05, 0) is 31.2 Å². The van der Waals surface area contributed by atoms with E-state index in [1.54, 1.807) is 6.92 Å². The molecule has 0 aromatic heterocycles. The number of methoxy groups -OCH3 is 1. The zero-order valence-electron chi connectivity index (χ0n) is 14.7. The van der Waals surface area contributed by atoms with Crippen LogP contribution in [0.25, 0.3) is 0 Å². The fourth-order valence-electron chi connectivity index (χ4n) is 2.15. The van der Waals surface area contributed by atoms with Crippen LogP contribution in [0.4, 0.5) is 5.69 Å². The van der Waals surface area contributed by atoms with Gasteiger partial charge in [0.05, 0.1) is 39.8 Å². The maximum atomic E-state index is 12.3. The summed E-state index contributed by atoms with van der Waals surface area (Å²) in [6.07, 6.45) is 1.10. The molecule has 1 N–H and O–H groups in total. The minimum atomic E-state index is -4.01. The Balaban J connectivity index is 2.32. The van der Waals surface area contributed by atoms with Crippen molar-refractivity contribution >= 4 is 45.1 Å². The van der Waals surface area contributed by atoms with Crippen molar-refractivity contribution in [3.8, 4) is 11.5 Å². The van der Waals surface area contributed by atoms with Crippen molar-refractivity contribution in [1.82, 2.24) is 4.83 Å². The number of halogens is 2. The van der Waals surface area contributed by atoms with Gasteiger partial charge in [-0.15, -0.1) is 0 Å². The molecule has 0 spiro atoms. The van der Waals surface area contributed by atoms with E-state index < -0.39 is 14.9 Å². The van der Waals surface area contributed by atoms with Gasteiger partial charge in [0.25, 0.3) is 10.0 Å². The second-order valence-corrected chi connectivity index (χ2v) is 7.67. The van der Waals surface area contributed by atoms with Crippen LogP contribution < -0.4 is 14.3 Å². The number of nitrogens with zero attached hydrogens (tertiary/aromatic N) is 2. The number of ether oxygens (including phenoxy) is 2. The maximum Gasteiger partial charge on any atom is 0.315 e. The Morgan fingerprint density at radius 2 is 1.96 bits per heavy atom. The van der Waals surface area contributed by atoms with E-state index in [2.05, 4.69) is 5.10 Å². The van der Waals surface area contributed by atoms with E-state index in [-0.39, 0.29) is 44.3 Å². The third-order valence-electron chi connectivity index (χ3n) is 3.35. The van der Waals surface area contributed by atoms with Crippen molar-refractivity contribution in [3.63, 3.8) is 0 Å². The molecule has 0 unspecified atom stereocenters. The minimum absolute atomic E-state index is 0.0413. The second-order valence-electron chi connectivity index (χ2n) is 5.19. The van der Waals surface area contributed by atoms with Crippen LogP contribution in [0.3, 0.4) is 0 Å². The number of hydrogen-bond donors (Lipinski definition) is 1. The van der Waals surface area contributed by atoms with Crippen molar-refractivity contribution in [2.75, 3.05) is 13.7 Å². The molecule has 0 saturated carbocycles. The summed E-state index contributed by atoms with van der Waals surface area (Å²) in [6.45, 7) is 1.95. The van der Waals surface area contributed by atoms with Crippen LogP contribution in [0.2, 0.25) is 10.0 Å². The highest BCUT2D eigenvalue weighted by Gasteiger charge is 2.21. The SMILES string of the molecule is CCOc1cc(/C=N/NS(=O)(=O)c2ccc(Cl)c(Cl)c2)cc([N+](=O)[O-])c1OC. The monoisotopic (exact) mass is 447 g/mol. The Kier molecular flexibility index (Phi) is 7.05. The molecular formula is C16H15Cl2N3O6S. The van der Waals surface area contributed by atoms with Crippen LogP contribution >= 0.6 is 23.2 Å². The van der Waals surface area contributed by atoms with Crippen LogP contribution in [-0.2, 0) is 10.0 Å². The van der Waals surface area contributed by atoms with E-state index in [1.165, 1.54) is 37.4 Å². The average Bonchev–Trinajstić information content (AvgIpc) is 2.63. The molecule has 150 valence electrons. The standard InChI is InChI=1S/C16H15Cl2N3O6S/c1-3-27-15-7-10(6-14(21(22)23)16(15)26-2)9-19-20-28(24,25)11-4-5-12(17)13(18)8-11/h4-9,20H,3H2,1-2H3/b19-9+. The summed E-state index contributed by atoms with van der Waals surface area (Å²) >= 11 is 11.6. The lowest BCUT2D eigenvalue weighted by Gasteiger charge is -2.10. The zero-order valence-corrected chi connectivity index (χ0v) is 17.0. The summed E-state index contributed by atoms with van der Waals surface area (Å²) in [4.78, 5) is 12.5. The van der Waals surface area contributed by atoms with Crippen LogP contribution in [0, 0.1) is 10.1 Å². The number of benzene rings is 2. The Morgan fingerprint density at radius 3 is 2.54 bits per heavy atom. The molecule has 28 heavy (non-hydrogen) atoms. The molecule has 0 bridgehead atoms. The molecule has 2 rings (SSSR count). The van der Waals surface area contributed by atoms with E-state index >= 15 is 0 Å². The van der Waals surface area contributed by atoms with E-state index in [1.807, 2.05) is 4.83 Å². The Hall–Kier alpha value is -2.56. The molecule has 0 aliphatic rings. The van der Waals surface area contributed by atoms with Crippen molar-refractivity contribution in [2.45, 2.75) is 11.8 Å². The first kappa shape index (κ1) is 21.7. The lowest BCUT2D eigenvalue weighted by atomic mass is 10.2. The second kappa shape index (κ2) is 9.09. The highest BCUT2D eigenvalue weighted by Crippen LogP contribution is 2.37. The van der Waals surface area contributed by atoms with Crippen LogP contribution in [0.5, 0.6) is 11.5 Å². The number of hydrazone groups is 1. The molecular weight excluding hydrogens is 433 g/mol. The van der Waals surface area contributed by atoms with Gasteiger partial charge < -0.3 is 9.47 Å². The lowest BCUT2D eigenvalue weighted by Crippen LogP contribution is -2.18. The van der Waals surface area contributed by atoms with Gasteiger partial charge in [-0.2, -0.15) is 13.5 Å². The number of nitro benzene ring substituents is 1. The normalized spacial score (nSPS) is 11.4. The van der Waals surface area contributed by atoms with Crippen molar-refractivity contribution in [3.05, 3.63) is 56.1 Å². The molecule has 12 heteroatoms. The minimum Gasteiger partial charge on any atom is -0.490 e. The number of nitro groups is 1. The number of hydrogen-bond acceptors (Lipinski definition) is 7. The van der Waals surface area contributed by atoms with E-state index in [0.717, 1.165) is 6.21 Å². The molecule has 0 atom stereocenters.